The quantitative estimate of drug-likeness (QED) is 0.237. The van der Waals surface area contributed by atoms with Crippen molar-refractivity contribution < 1.29 is 22.8 Å². The largest absolute Gasteiger partial charge is 0.417 e. The van der Waals surface area contributed by atoms with Crippen LogP contribution in [0.2, 0.25) is 5.02 Å². The minimum Gasteiger partial charge on any atom is -0.322 e. The molecule has 0 atom stereocenters. The number of carbonyl (C=O) groups excluding carboxylic acids is 2. The molecule has 2 aromatic heterocycles. The molecule has 5 aromatic rings. The van der Waals surface area contributed by atoms with Crippen molar-refractivity contribution in [3.63, 3.8) is 0 Å². The molecule has 0 saturated heterocycles. The number of alkyl halides is 3. The Morgan fingerprint density at radius 2 is 1.60 bits per heavy atom. The molecule has 5 rings (SSSR count). The molecule has 40 heavy (non-hydrogen) atoms. The minimum atomic E-state index is -4.69. The van der Waals surface area contributed by atoms with Gasteiger partial charge in [-0.15, -0.1) is 0 Å². The van der Waals surface area contributed by atoms with Gasteiger partial charge in [-0.05, 0) is 56.3 Å². The van der Waals surface area contributed by atoms with Crippen LogP contribution < -0.4 is 10.6 Å². The molecule has 0 aliphatic rings. The maximum Gasteiger partial charge on any atom is 0.417 e. The van der Waals surface area contributed by atoms with Crippen LogP contribution in [0.25, 0.3) is 16.9 Å². The van der Waals surface area contributed by atoms with E-state index in [1.165, 1.54) is 12.3 Å². The maximum absolute atomic E-state index is 13.2. The summed E-state index contributed by atoms with van der Waals surface area (Å²) in [5.74, 6) is -0.777. The van der Waals surface area contributed by atoms with Gasteiger partial charge in [0.05, 0.1) is 22.5 Å². The van der Waals surface area contributed by atoms with Crippen LogP contribution in [0.4, 0.5) is 24.7 Å². The molecule has 2 amide bonds. The van der Waals surface area contributed by atoms with Crippen LogP contribution in [0, 0.1) is 13.8 Å². The second kappa shape index (κ2) is 10.5. The van der Waals surface area contributed by atoms with E-state index in [4.69, 9.17) is 11.6 Å². The number of rotatable bonds is 5. The summed E-state index contributed by atoms with van der Waals surface area (Å²) >= 11 is 5.67. The second-order valence-electron chi connectivity index (χ2n) is 9.17. The van der Waals surface area contributed by atoms with Crippen molar-refractivity contribution in [2.75, 3.05) is 10.6 Å². The topological polar surface area (TPSA) is 88.4 Å². The first kappa shape index (κ1) is 26.9. The van der Waals surface area contributed by atoms with E-state index in [0.29, 0.717) is 34.2 Å². The number of fused-ring (bicyclic) bond motifs is 1. The van der Waals surface area contributed by atoms with Crippen LogP contribution in [0.3, 0.4) is 0 Å². The number of carbonyl (C=O) groups is 2. The van der Waals surface area contributed by atoms with Gasteiger partial charge in [0.2, 0.25) is 0 Å². The van der Waals surface area contributed by atoms with Crippen molar-refractivity contribution >= 4 is 40.6 Å². The van der Waals surface area contributed by atoms with Crippen LogP contribution in [-0.2, 0) is 6.18 Å². The Hall–Kier alpha value is -4.70. The van der Waals surface area contributed by atoms with Gasteiger partial charge in [0, 0.05) is 34.8 Å². The predicted molar refractivity (Wildman–Crippen MR) is 147 cm³/mol. The summed E-state index contributed by atoms with van der Waals surface area (Å²) in [7, 11) is 0. The molecule has 0 radical (unpaired) electrons. The molecule has 202 valence electrons. The minimum absolute atomic E-state index is 0.188. The molecule has 7 nitrogen and oxygen atoms in total. The lowest BCUT2D eigenvalue weighted by atomic mass is 10.1. The monoisotopic (exact) mass is 563 g/mol. The van der Waals surface area contributed by atoms with E-state index in [1.54, 1.807) is 53.2 Å². The van der Waals surface area contributed by atoms with E-state index >= 15 is 0 Å². The summed E-state index contributed by atoms with van der Waals surface area (Å²) in [4.78, 5) is 34.4. The van der Waals surface area contributed by atoms with Gasteiger partial charge in [0.15, 0.2) is 11.5 Å². The van der Waals surface area contributed by atoms with Crippen LogP contribution in [-0.4, -0.2) is 26.2 Å². The maximum atomic E-state index is 13.2. The average Bonchev–Trinajstić information content (AvgIpc) is 3.33. The van der Waals surface area contributed by atoms with Gasteiger partial charge in [-0.2, -0.15) is 13.2 Å². The Kier molecular flexibility index (Phi) is 7.03. The molecule has 0 fully saturated rings. The number of imidazole rings is 1. The number of hydrogen-bond acceptors (Lipinski definition) is 4. The third-order valence-electron chi connectivity index (χ3n) is 6.09. The predicted octanol–water partition coefficient (Wildman–Crippen LogP) is 7.19. The Morgan fingerprint density at radius 3 is 2.33 bits per heavy atom. The third-order valence-corrected chi connectivity index (χ3v) is 6.42. The zero-order chi connectivity index (χ0) is 28.6. The van der Waals surface area contributed by atoms with E-state index in [2.05, 4.69) is 20.6 Å². The first-order valence-corrected chi connectivity index (χ1v) is 12.4. The highest BCUT2D eigenvalue weighted by Crippen LogP contribution is 2.35. The fourth-order valence-electron chi connectivity index (χ4n) is 4.35. The first-order chi connectivity index (χ1) is 19.0. The fourth-order valence-corrected chi connectivity index (χ4v) is 4.57. The standard InChI is InChI=1S/C29H21ClF3N5O2/c1-16-10-17(2)12-20(11-16)28(40)37-25-26-35-15-24(38(26)9-8-34-25)18-4-3-5-21(13-18)36-27(39)19-6-7-23(30)22(14-19)29(31,32)33/h3-15H,1-2H3,(H,36,39)(H,34,37,40). The van der Waals surface area contributed by atoms with E-state index in [-0.39, 0.29) is 17.3 Å². The number of amides is 2. The first-order valence-electron chi connectivity index (χ1n) is 12.0. The number of benzene rings is 3. The lowest BCUT2D eigenvalue weighted by molar-refractivity contribution is -0.137. The lowest BCUT2D eigenvalue weighted by Gasteiger charge is -2.12. The zero-order valence-corrected chi connectivity index (χ0v) is 21.9. The third kappa shape index (κ3) is 5.52. The summed E-state index contributed by atoms with van der Waals surface area (Å²) in [6, 6.07) is 15.3. The highest BCUT2D eigenvalue weighted by Gasteiger charge is 2.33. The highest BCUT2D eigenvalue weighted by molar-refractivity contribution is 6.31. The van der Waals surface area contributed by atoms with Crippen molar-refractivity contribution in [2.45, 2.75) is 20.0 Å². The Labute approximate surface area is 231 Å². The Morgan fingerprint density at radius 1 is 0.875 bits per heavy atom. The number of halogens is 4. The summed E-state index contributed by atoms with van der Waals surface area (Å²) in [6.07, 6.45) is 0.114. The summed E-state index contributed by atoms with van der Waals surface area (Å²) in [5.41, 5.74) is 3.22. The molecule has 0 unspecified atom stereocenters. The van der Waals surface area contributed by atoms with Crippen LogP contribution in [0.1, 0.15) is 37.4 Å². The van der Waals surface area contributed by atoms with Gasteiger partial charge in [-0.3, -0.25) is 14.0 Å². The van der Waals surface area contributed by atoms with Gasteiger partial charge in [0.25, 0.3) is 11.8 Å². The SMILES string of the molecule is Cc1cc(C)cc(C(=O)Nc2nccn3c(-c4cccc(NC(=O)c5ccc(Cl)c(C(F)(F)F)c5)c4)cnc23)c1. The molecule has 3 aromatic carbocycles. The smallest absolute Gasteiger partial charge is 0.322 e. The number of aromatic nitrogens is 3. The van der Waals surface area contributed by atoms with Crippen molar-refractivity contribution in [2.24, 2.45) is 0 Å². The molecule has 2 N–H and O–H groups in total. The van der Waals surface area contributed by atoms with E-state index in [0.717, 1.165) is 17.2 Å². The fraction of sp³-hybridized carbons (Fsp3) is 0.103. The molecule has 0 bridgehead atoms. The van der Waals surface area contributed by atoms with Gasteiger partial charge < -0.3 is 10.6 Å². The molecule has 0 spiro atoms. The molecule has 2 heterocycles. The summed E-state index contributed by atoms with van der Waals surface area (Å²) < 4.78 is 41.4. The van der Waals surface area contributed by atoms with Crippen LogP contribution >= 0.6 is 11.6 Å². The molecule has 11 heteroatoms. The summed E-state index contributed by atoms with van der Waals surface area (Å²) in [6.45, 7) is 3.82. The normalized spacial score (nSPS) is 11.4. The number of hydrogen-bond donors (Lipinski definition) is 2. The number of nitrogens with zero attached hydrogens (tertiary/aromatic N) is 3. The van der Waals surface area contributed by atoms with Gasteiger partial charge in [0.1, 0.15) is 0 Å². The number of anilines is 2. The second-order valence-corrected chi connectivity index (χ2v) is 9.58. The van der Waals surface area contributed by atoms with Crippen molar-refractivity contribution in [1.82, 2.24) is 14.4 Å². The van der Waals surface area contributed by atoms with Gasteiger partial charge >= 0.3 is 6.18 Å². The van der Waals surface area contributed by atoms with Crippen molar-refractivity contribution in [1.29, 1.82) is 0 Å². The van der Waals surface area contributed by atoms with Crippen LogP contribution in [0.15, 0.2) is 79.3 Å². The van der Waals surface area contributed by atoms with Crippen molar-refractivity contribution in [3.8, 4) is 11.3 Å². The van der Waals surface area contributed by atoms with E-state index in [1.807, 2.05) is 19.9 Å². The molecule has 0 saturated carbocycles. The summed E-state index contributed by atoms with van der Waals surface area (Å²) in [5, 5.41) is 4.95. The van der Waals surface area contributed by atoms with E-state index in [9.17, 15) is 22.8 Å². The van der Waals surface area contributed by atoms with Gasteiger partial charge in [-0.25, -0.2) is 9.97 Å². The van der Waals surface area contributed by atoms with Crippen molar-refractivity contribution in [3.05, 3.63) is 112 Å². The zero-order valence-electron chi connectivity index (χ0n) is 21.2. The molecule has 0 aliphatic heterocycles. The average molecular weight is 564 g/mol. The lowest BCUT2D eigenvalue weighted by Crippen LogP contribution is -2.14. The van der Waals surface area contributed by atoms with E-state index < -0.39 is 22.7 Å². The van der Waals surface area contributed by atoms with Crippen LogP contribution in [0.5, 0.6) is 0 Å². The number of nitrogens with one attached hydrogen (secondary N) is 2. The Bertz CT molecular complexity index is 1760. The Balaban J connectivity index is 1.40. The number of aryl methyl sites for hydroxylation is 2. The van der Waals surface area contributed by atoms with Gasteiger partial charge in [-0.1, -0.05) is 40.9 Å². The highest BCUT2D eigenvalue weighted by atomic mass is 35.5. The molecular weight excluding hydrogens is 543 g/mol. The molecular formula is C29H21ClF3N5O2. The molecule has 0 aliphatic carbocycles.